The molecule has 1 aliphatic rings. The third-order valence-corrected chi connectivity index (χ3v) is 4.37. The van der Waals surface area contributed by atoms with Crippen molar-refractivity contribution in [3.8, 4) is 0 Å². The predicted octanol–water partition coefficient (Wildman–Crippen LogP) is 5.59. The van der Waals surface area contributed by atoms with E-state index in [0.29, 0.717) is 0 Å². The van der Waals surface area contributed by atoms with Crippen LogP contribution in [-0.2, 0) is 0 Å². The Bertz CT molecular complexity index is 174. The highest BCUT2D eigenvalue weighted by Gasteiger charge is 2.24. The molecule has 1 unspecified atom stereocenters. The molecular formula is C16H30. The molecule has 0 saturated heterocycles. The van der Waals surface area contributed by atoms with Crippen molar-refractivity contribution in [3.05, 3.63) is 12.7 Å². The van der Waals surface area contributed by atoms with Crippen molar-refractivity contribution in [1.82, 2.24) is 0 Å². The molecule has 0 aromatic carbocycles. The van der Waals surface area contributed by atoms with Gasteiger partial charge in [0.15, 0.2) is 0 Å². The molecule has 0 N–H and O–H groups in total. The van der Waals surface area contributed by atoms with Crippen molar-refractivity contribution < 1.29 is 0 Å². The van der Waals surface area contributed by atoms with Crippen molar-refractivity contribution in [2.24, 2.45) is 17.8 Å². The molecule has 0 amide bonds. The van der Waals surface area contributed by atoms with Crippen LogP contribution in [0.15, 0.2) is 12.7 Å². The quantitative estimate of drug-likeness (QED) is 0.389. The lowest BCUT2D eigenvalue weighted by atomic mass is 9.73. The zero-order chi connectivity index (χ0) is 11.8. The van der Waals surface area contributed by atoms with Crippen LogP contribution >= 0.6 is 0 Å². The zero-order valence-electron chi connectivity index (χ0n) is 11.4. The van der Waals surface area contributed by atoms with Crippen LogP contribution in [0.5, 0.6) is 0 Å². The topological polar surface area (TPSA) is 0 Å². The van der Waals surface area contributed by atoms with Gasteiger partial charge in [-0.3, -0.25) is 0 Å². The van der Waals surface area contributed by atoms with Crippen molar-refractivity contribution in [2.75, 3.05) is 0 Å². The highest BCUT2D eigenvalue weighted by Crippen LogP contribution is 2.37. The first-order valence-electron chi connectivity index (χ1n) is 7.38. The fourth-order valence-electron chi connectivity index (χ4n) is 3.27. The highest BCUT2D eigenvalue weighted by molar-refractivity contribution is 4.77. The van der Waals surface area contributed by atoms with Crippen LogP contribution < -0.4 is 0 Å². The molecule has 94 valence electrons. The Hall–Kier alpha value is -0.260. The first kappa shape index (κ1) is 13.8. The standard InChI is InChI=1S/C16H30/c1-4-6-7-9-15(8-5-2)16-12-10-14(3)11-13-16/h4,14-16H,1,5-13H2,2-3H3. The molecule has 0 aromatic rings. The average Bonchev–Trinajstić information content (AvgIpc) is 2.29. The number of hydrogen-bond donors (Lipinski definition) is 0. The summed E-state index contributed by atoms with van der Waals surface area (Å²) in [7, 11) is 0. The summed E-state index contributed by atoms with van der Waals surface area (Å²) in [5, 5.41) is 0. The second kappa shape index (κ2) is 7.92. The molecule has 16 heavy (non-hydrogen) atoms. The molecule has 0 heterocycles. The highest BCUT2D eigenvalue weighted by atomic mass is 14.3. The Morgan fingerprint density at radius 3 is 2.44 bits per heavy atom. The molecular weight excluding hydrogens is 192 g/mol. The normalized spacial score (nSPS) is 27.6. The van der Waals surface area contributed by atoms with Gasteiger partial charge in [0.1, 0.15) is 0 Å². The summed E-state index contributed by atoms with van der Waals surface area (Å²) in [6, 6.07) is 0. The minimum atomic E-state index is 0.992. The van der Waals surface area contributed by atoms with Gasteiger partial charge >= 0.3 is 0 Å². The maximum absolute atomic E-state index is 3.83. The molecule has 0 aromatic heterocycles. The maximum Gasteiger partial charge on any atom is -0.0353 e. The lowest BCUT2D eigenvalue weighted by molar-refractivity contribution is 0.191. The molecule has 0 heteroatoms. The van der Waals surface area contributed by atoms with E-state index in [1.165, 1.54) is 57.8 Å². The number of allylic oxidation sites excluding steroid dienone is 1. The average molecular weight is 222 g/mol. The number of rotatable bonds is 7. The summed E-state index contributed by atoms with van der Waals surface area (Å²) in [6.07, 6.45) is 14.9. The third-order valence-electron chi connectivity index (χ3n) is 4.37. The van der Waals surface area contributed by atoms with Gasteiger partial charge in [0.2, 0.25) is 0 Å². The van der Waals surface area contributed by atoms with E-state index in [1.807, 2.05) is 0 Å². The van der Waals surface area contributed by atoms with E-state index in [9.17, 15) is 0 Å². The molecule has 1 fully saturated rings. The van der Waals surface area contributed by atoms with Crippen LogP contribution in [-0.4, -0.2) is 0 Å². The summed E-state index contributed by atoms with van der Waals surface area (Å²) in [6.45, 7) is 8.58. The SMILES string of the molecule is C=CCCCC(CCC)C1CCC(C)CC1. The molecule has 1 saturated carbocycles. The van der Waals surface area contributed by atoms with Crippen LogP contribution in [0.2, 0.25) is 0 Å². The van der Waals surface area contributed by atoms with Crippen LogP contribution in [0.3, 0.4) is 0 Å². The van der Waals surface area contributed by atoms with E-state index in [4.69, 9.17) is 0 Å². The second-order valence-corrected chi connectivity index (χ2v) is 5.79. The number of hydrogen-bond acceptors (Lipinski definition) is 0. The summed E-state index contributed by atoms with van der Waals surface area (Å²) in [4.78, 5) is 0. The largest absolute Gasteiger partial charge is 0.103 e. The van der Waals surface area contributed by atoms with Crippen molar-refractivity contribution in [1.29, 1.82) is 0 Å². The maximum atomic E-state index is 3.83. The lowest BCUT2D eigenvalue weighted by Gasteiger charge is -2.32. The van der Waals surface area contributed by atoms with E-state index < -0.39 is 0 Å². The first-order chi connectivity index (χ1) is 7.77. The molecule has 0 radical (unpaired) electrons. The van der Waals surface area contributed by atoms with Crippen LogP contribution in [0.4, 0.5) is 0 Å². The van der Waals surface area contributed by atoms with Gasteiger partial charge < -0.3 is 0 Å². The van der Waals surface area contributed by atoms with E-state index in [1.54, 1.807) is 0 Å². The molecule has 0 bridgehead atoms. The van der Waals surface area contributed by atoms with Gasteiger partial charge in [0.05, 0.1) is 0 Å². The predicted molar refractivity (Wildman–Crippen MR) is 73.6 cm³/mol. The van der Waals surface area contributed by atoms with Gasteiger partial charge in [-0.05, 0) is 49.9 Å². The van der Waals surface area contributed by atoms with Gasteiger partial charge in [-0.15, -0.1) is 6.58 Å². The Morgan fingerprint density at radius 2 is 1.88 bits per heavy atom. The number of unbranched alkanes of at least 4 members (excludes halogenated alkanes) is 1. The molecule has 0 spiro atoms. The molecule has 0 nitrogen and oxygen atoms in total. The summed E-state index contributed by atoms with van der Waals surface area (Å²) in [5.74, 6) is 3.05. The van der Waals surface area contributed by atoms with E-state index >= 15 is 0 Å². The zero-order valence-corrected chi connectivity index (χ0v) is 11.4. The smallest absolute Gasteiger partial charge is 0.0353 e. The fraction of sp³-hybridized carbons (Fsp3) is 0.875. The summed E-state index contributed by atoms with van der Waals surface area (Å²) < 4.78 is 0. The van der Waals surface area contributed by atoms with Gasteiger partial charge in [-0.2, -0.15) is 0 Å². The second-order valence-electron chi connectivity index (χ2n) is 5.79. The van der Waals surface area contributed by atoms with Crippen LogP contribution in [0, 0.1) is 17.8 Å². The monoisotopic (exact) mass is 222 g/mol. The van der Waals surface area contributed by atoms with Crippen LogP contribution in [0.1, 0.15) is 71.6 Å². The van der Waals surface area contributed by atoms with E-state index in [-0.39, 0.29) is 0 Å². The Labute approximate surface area is 103 Å². The minimum absolute atomic E-state index is 0.992. The summed E-state index contributed by atoms with van der Waals surface area (Å²) >= 11 is 0. The molecule has 0 aliphatic heterocycles. The minimum Gasteiger partial charge on any atom is -0.103 e. The van der Waals surface area contributed by atoms with Crippen molar-refractivity contribution in [3.63, 3.8) is 0 Å². The Balaban J connectivity index is 2.33. The fourth-order valence-corrected chi connectivity index (χ4v) is 3.27. The van der Waals surface area contributed by atoms with Crippen molar-refractivity contribution in [2.45, 2.75) is 71.6 Å². The van der Waals surface area contributed by atoms with Crippen molar-refractivity contribution >= 4 is 0 Å². The lowest BCUT2D eigenvalue weighted by Crippen LogP contribution is -2.21. The van der Waals surface area contributed by atoms with E-state index in [0.717, 1.165) is 17.8 Å². The summed E-state index contributed by atoms with van der Waals surface area (Å²) in [5.41, 5.74) is 0. The first-order valence-corrected chi connectivity index (χ1v) is 7.38. The third kappa shape index (κ3) is 4.72. The molecule has 1 rings (SSSR count). The van der Waals surface area contributed by atoms with Crippen LogP contribution in [0.25, 0.3) is 0 Å². The van der Waals surface area contributed by atoms with Gasteiger partial charge in [-0.25, -0.2) is 0 Å². The Kier molecular flexibility index (Phi) is 6.84. The van der Waals surface area contributed by atoms with Gasteiger partial charge in [0, 0.05) is 0 Å². The molecule has 1 aliphatic carbocycles. The Morgan fingerprint density at radius 1 is 1.19 bits per heavy atom. The van der Waals surface area contributed by atoms with E-state index in [2.05, 4.69) is 26.5 Å². The van der Waals surface area contributed by atoms with Gasteiger partial charge in [0.25, 0.3) is 0 Å². The van der Waals surface area contributed by atoms with Gasteiger partial charge in [-0.1, -0.05) is 45.6 Å². The molecule has 1 atom stereocenters.